The van der Waals surface area contributed by atoms with Gasteiger partial charge in [0.2, 0.25) is 0 Å². The van der Waals surface area contributed by atoms with Gasteiger partial charge < -0.3 is 0 Å². The van der Waals surface area contributed by atoms with Crippen LogP contribution in [0.15, 0.2) is 0 Å². The van der Waals surface area contributed by atoms with Gasteiger partial charge in [0, 0.05) is 0 Å². The molecule has 0 amide bonds. The van der Waals surface area contributed by atoms with Gasteiger partial charge in [0.25, 0.3) is 0 Å². The van der Waals surface area contributed by atoms with Crippen molar-refractivity contribution >= 4 is 46.4 Å². The van der Waals surface area contributed by atoms with Crippen LogP contribution in [0, 0.1) is 5.41 Å². The minimum Gasteiger partial charge on any atom is -0.247 e. The Balaban J connectivity index is 2.33. The van der Waals surface area contributed by atoms with E-state index in [9.17, 15) is 4.39 Å². The molecule has 0 saturated heterocycles. The molecular weight excluding hydrogens is 221 g/mol. The minimum atomic E-state index is -1.28. The average molecular weight is 224 g/mol. The van der Waals surface area contributed by atoms with Crippen molar-refractivity contribution < 1.29 is 4.39 Å². The van der Waals surface area contributed by atoms with Crippen LogP contribution in [0.5, 0.6) is 0 Å². The van der Waals surface area contributed by atoms with Crippen molar-refractivity contribution in [2.75, 3.05) is 0 Å². The molecule has 0 radical (unpaired) electrons. The fourth-order valence-corrected chi connectivity index (χ4v) is 3.39. The van der Waals surface area contributed by atoms with E-state index in [1.165, 1.54) is 0 Å². The van der Waals surface area contributed by atoms with E-state index < -0.39 is 20.3 Å². The van der Waals surface area contributed by atoms with E-state index in [0.717, 1.165) is 0 Å². The lowest BCUT2D eigenvalue weighted by Crippen LogP contribution is -1.96. The lowest BCUT2D eigenvalue weighted by atomic mass is 10.4. The molecule has 2 saturated carbocycles. The smallest absolute Gasteiger partial charge is 0.163 e. The van der Waals surface area contributed by atoms with E-state index in [4.69, 9.17) is 46.4 Å². The maximum absolute atomic E-state index is 12.6. The van der Waals surface area contributed by atoms with E-state index in [-0.39, 0.29) is 6.42 Å². The number of alkyl halides is 5. The molecule has 0 aromatic carbocycles. The first-order valence-corrected chi connectivity index (χ1v) is 4.29. The normalized spacial score (nSPS) is 43.5. The molecule has 2 aliphatic carbocycles. The fourth-order valence-electron chi connectivity index (χ4n) is 1.36. The van der Waals surface area contributed by atoms with E-state index in [1.54, 1.807) is 0 Å². The summed E-state index contributed by atoms with van der Waals surface area (Å²) in [6.45, 7) is 0. The Labute approximate surface area is 77.6 Å². The van der Waals surface area contributed by atoms with Crippen LogP contribution in [-0.2, 0) is 0 Å². The molecule has 0 aliphatic heterocycles. The summed E-state index contributed by atoms with van der Waals surface area (Å²) in [5, 5.41) is 0. The standard InChI is InChI=1S/C5H3Cl4F/c6-4(7)3(1-2(3)10)5(4,8)9/h2H,1H2. The van der Waals surface area contributed by atoms with Crippen molar-refractivity contribution in [2.24, 2.45) is 5.41 Å². The second kappa shape index (κ2) is 1.56. The molecule has 2 fully saturated rings. The Hall–Kier alpha value is 1.09. The van der Waals surface area contributed by atoms with Gasteiger partial charge in [-0.05, 0) is 6.42 Å². The lowest BCUT2D eigenvalue weighted by Gasteiger charge is -1.93. The molecule has 10 heavy (non-hydrogen) atoms. The molecule has 1 atom stereocenters. The van der Waals surface area contributed by atoms with Crippen molar-refractivity contribution in [3.05, 3.63) is 0 Å². The summed E-state index contributed by atoms with van der Waals surface area (Å²) in [5.74, 6) is 0. The first-order valence-electron chi connectivity index (χ1n) is 2.77. The maximum Gasteiger partial charge on any atom is 0.163 e. The van der Waals surface area contributed by atoms with Gasteiger partial charge >= 0.3 is 0 Å². The Morgan fingerprint density at radius 2 is 1.40 bits per heavy atom. The fraction of sp³-hybridized carbons (Fsp3) is 1.00. The highest BCUT2D eigenvalue weighted by Crippen LogP contribution is 2.88. The van der Waals surface area contributed by atoms with Crippen LogP contribution in [0.3, 0.4) is 0 Å². The molecule has 2 rings (SSSR count). The highest BCUT2D eigenvalue weighted by atomic mass is 35.5. The summed E-state index contributed by atoms with van der Waals surface area (Å²) in [5.41, 5.74) is -0.855. The summed E-state index contributed by atoms with van der Waals surface area (Å²) < 4.78 is 10.1. The Kier molecular flexibility index (Phi) is 1.21. The predicted molar refractivity (Wildman–Crippen MR) is 40.8 cm³/mol. The van der Waals surface area contributed by atoms with Gasteiger partial charge in [-0.15, -0.1) is 0 Å². The van der Waals surface area contributed by atoms with Crippen molar-refractivity contribution in [1.82, 2.24) is 0 Å². The maximum atomic E-state index is 12.6. The number of rotatable bonds is 0. The zero-order valence-electron chi connectivity index (χ0n) is 4.67. The molecule has 0 nitrogen and oxygen atoms in total. The third-order valence-electron chi connectivity index (χ3n) is 2.33. The molecule has 1 unspecified atom stereocenters. The number of hydrogen-bond acceptors (Lipinski definition) is 0. The van der Waals surface area contributed by atoms with Crippen LogP contribution in [0.2, 0.25) is 0 Å². The molecule has 0 heterocycles. The second-order valence-electron chi connectivity index (χ2n) is 2.79. The van der Waals surface area contributed by atoms with Crippen LogP contribution in [0.25, 0.3) is 0 Å². The molecule has 58 valence electrons. The van der Waals surface area contributed by atoms with Crippen LogP contribution in [0.1, 0.15) is 6.42 Å². The molecule has 0 aromatic heterocycles. The summed E-state index contributed by atoms with van der Waals surface area (Å²) in [7, 11) is 0. The van der Waals surface area contributed by atoms with Gasteiger partial charge in [0.05, 0.1) is 5.41 Å². The van der Waals surface area contributed by atoms with Crippen LogP contribution < -0.4 is 0 Å². The van der Waals surface area contributed by atoms with Crippen LogP contribution in [0.4, 0.5) is 4.39 Å². The highest BCUT2D eigenvalue weighted by molar-refractivity contribution is 6.69. The quantitative estimate of drug-likeness (QED) is 0.554. The summed E-state index contributed by atoms with van der Waals surface area (Å²) in [6, 6.07) is 0. The summed E-state index contributed by atoms with van der Waals surface area (Å²) in [4.78, 5) is 0. The van der Waals surface area contributed by atoms with Gasteiger partial charge in [-0.25, -0.2) is 4.39 Å². The number of halogens is 5. The highest BCUT2D eigenvalue weighted by Gasteiger charge is 2.97. The van der Waals surface area contributed by atoms with E-state index in [0.29, 0.717) is 0 Å². The van der Waals surface area contributed by atoms with Crippen molar-refractivity contribution in [2.45, 2.75) is 21.3 Å². The SMILES string of the molecule is FC1CC12C(Cl)(Cl)C2(Cl)Cl. The van der Waals surface area contributed by atoms with Gasteiger partial charge in [-0.1, -0.05) is 46.4 Å². The predicted octanol–water partition coefficient (Wildman–Crippen LogP) is 3.08. The molecule has 2 aliphatic rings. The van der Waals surface area contributed by atoms with E-state index in [2.05, 4.69) is 0 Å². The second-order valence-corrected chi connectivity index (χ2v) is 5.45. The third kappa shape index (κ3) is 0.483. The van der Waals surface area contributed by atoms with Crippen LogP contribution in [-0.4, -0.2) is 14.8 Å². The van der Waals surface area contributed by atoms with Crippen molar-refractivity contribution in [3.8, 4) is 0 Å². The topological polar surface area (TPSA) is 0 Å². The molecule has 5 heteroatoms. The molecule has 0 N–H and O–H groups in total. The molecular formula is C5H3Cl4F. The van der Waals surface area contributed by atoms with Crippen molar-refractivity contribution in [3.63, 3.8) is 0 Å². The summed E-state index contributed by atoms with van der Waals surface area (Å²) in [6.07, 6.45) is -0.745. The van der Waals surface area contributed by atoms with Gasteiger partial charge in [-0.2, -0.15) is 0 Å². The molecule has 0 aromatic rings. The molecule has 1 spiro atoms. The number of hydrogen-bond donors (Lipinski definition) is 0. The first kappa shape index (κ1) is 7.72. The van der Waals surface area contributed by atoms with Crippen molar-refractivity contribution in [1.29, 1.82) is 0 Å². The average Bonchev–Trinajstić information content (AvgIpc) is 2.48. The molecule has 0 bridgehead atoms. The Morgan fingerprint density at radius 3 is 1.40 bits per heavy atom. The first-order chi connectivity index (χ1) is 4.38. The van der Waals surface area contributed by atoms with Gasteiger partial charge in [0.15, 0.2) is 8.67 Å². The zero-order chi connectivity index (χ0) is 7.78. The van der Waals surface area contributed by atoms with E-state index in [1.807, 2.05) is 0 Å². The third-order valence-corrected chi connectivity index (χ3v) is 5.20. The largest absolute Gasteiger partial charge is 0.247 e. The summed E-state index contributed by atoms with van der Waals surface area (Å²) >= 11 is 22.6. The zero-order valence-corrected chi connectivity index (χ0v) is 7.70. The Morgan fingerprint density at radius 1 is 1.10 bits per heavy atom. The van der Waals surface area contributed by atoms with Gasteiger partial charge in [-0.3, -0.25) is 0 Å². The van der Waals surface area contributed by atoms with E-state index >= 15 is 0 Å². The van der Waals surface area contributed by atoms with Crippen LogP contribution >= 0.6 is 46.4 Å². The monoisotopic (exact) mass is 222 g/mol. The minimum absolute atomic E-state index is 0.285. The lowest BCUT2D eigenvalue weighted by molar-refractivity contribution is 0.437. The Bertz CT molecular complexity index is 186. The van der Waals surface area contributed by atoms with Gasteiger partial charge in [0.1, 0.15) is 6.17 Å².